The average Bonchev–Trinajstić information content (AvgIpc) is 2.96. The first-order valence-corrected chi connectivity index (χ1v) is 13.1. The zero-order valence-corrected chi connectivity index (χ0v) is 22.7. The molecule has 0 bridgehead atoms. The highest BCUT2D eigenvalue weighted by Gasteiger charge is 2.19. The number of amides is 3. The van der Waals surface area contributed by atoms with Crippen molar-refractivity contribution >= 4 is 34.3 Å². The Morgan fingerprint density at radius 1 is 0.854 bits per heavy atom. The lowest BCUT2D eigenvalue weighted by molar-refractivity contribution is -0.139. The number of carbonyl (C=O) groups excluding carboxylic acids is 4. The van der Waals surface area contributed by atoms with E-state index in [-0.39, 0.29) is 24.2 Å². The van der Waals surface area contributed by atoms with Gasteiger partial charge in [-0.2, -0.15) is 0 Å². The van der Waals surface area contributed by atoms with Crippen LogP contribution in [0.1, 0.15) is 40.0 Å². The number of ether oxygens (including phenoxy) is 1. The SMILES string of the molecule is Cc1cc(F)cc(OCC(=O)CNC(=O)C(=O)NCc2ccccc2C(=O)N[C@H](C)c2cccc3ccccc23)c1. The van der Waals surface area contributed by atoms with Crippen LogP contribution in [0.5, 0.6) is 5.75 Å². The lowest BCUT2D eigenvalue weighted by Crippen LogP contribution is -2.42. The molecule has 8 nitrogen and oxygen atoms in total. The molecule has 0 heterocycles. The highest BCUT2D eigenvalue weighted by atomic mass is 19.1. The minimum Gasteiger partial charge on any atom is -0.486 e. The second kappa shape index (κ2) is 13.3. The first kappa shape index (κ1) is 28.9. The Kier molecular flexibility index (Phi) is 9.42. The van der Waals surface area contributed by atoms with Crippen molar-refractivity contribution in [3.05, 3.63) is 113 Å². The van der Waals surface area contributed by atoms with Gasteiger partial charge in [-0.3, -0.25) is 19.2 Å². The lowest BCUT2D eigenvalue weighted by Gasteiger charge is -2.18. The van der Waals surface area contributed by atoms with Crippen LogP contribution in [-0.4, -0.2) is 36.7 Å². The predicted octanol–water partition coefficient (Wildman–Crippen LogP) is 4.16. The lowest BCUT2D eigenvalue weighted by atomic mass is 9.99. The monoisotopic (exact) mass is 555 g/mol. The summed E-state index contributed by atoms with van der Waals surface area (Å²) in [6.07, 6.45) is 0. The maximum absolute atomic E-state index is 13.4. The van der Waals surface area contributed by atoms with E-state index in [2.05, 4.69) is 16.0 Å². The van der Waals surface area contributed by atoms with Gasteiger partial charge in [0.1, 0.15) is 18.2 Å². The van der Waals surface area contributed by atoms with E-state index in [1.807, 2.05) is 49.4 Å². The van der Waals surface area contributed by atoms with Gasteiger partial charge in [-0.05, 0) is 59.5 Å². The first-order chi connectivity index (χ1) is 19.7. The number of rotatable bonds is 10. The van der Waals surface area contributed by atoms with Gasteiger partial charge in [0.25, 0.3) is 5.91 Å². The van der Waals surface area contributed by atoms with Crippen LogP contribution in [0.15, 0.2) is 84.9 Å². The van der Waals surface area contributed by atoms with Crippen molar-refractivity contribution in [3.8, 4) is 5.75 Å². The molecule has 4 rings (SSSR count). The van der Waals surface area contributed by atoms with Crippen LogP contribution in [0.2, 0.25) is 0 Å². The molecule has 4 aromatic rings. The van der Waals surface area contributed by atoms with E-state index in [1.165, 1.54) is 6.07 Å². The summed E-state index contributed by atoms with van der Waals surface area (Å²) in [5.74, 6) is -3.09. The van der Waals surface area contributed by atoms with E-state index in [0.717, 1.165) is 22.4 Å². The van der Waals surface area contributed by atoms with Crippen LogP contribution in [0, 0.1) is 12.7 Å². The fraction of sp³-hybridized carbons (Fsp3) is 0.188. The second-order valence-corrected chi connectivity index (χ2v) is 9.58. The fourth-order valence-corrected chi connectivity index (χ4v) is 4.39. The van der Waals surface area contributed by atoms with Gasteiger partial charge in [-0.25, -0.2) is 4.39 Å². The van der Waals surface area contributed by atoms with Gasteiger partial charge in [0.05, 0.1) is 12.6 Å². The number of hydrogen-bond donors (Lipinski definition) is 3. The number of fused-ring (bicyclic) bond motifs is 1. The third-order valence-corrected chi connectivity index (χ3v) is 6.41. The summed E-state index contributed by atoms with van der Waals surface area (Å²) in [4.78, 5) is 49.8. The number of carbonyl (C=O) groups is 4. The quantitative estimate of drug-likeness (QED) is 0.255. The van der Waals surface area contributed by atoms with E-state index in [1.54, 1.807) is 37.3 Å². The highest BCUT2D eigenvalue weighted by Crippen LogP contribution is 2.24. The van der Waals surface area contributed by atoms with Crippen LogP contribution < -0.4 is 20.7 Å². The van der Waals surface area contributed by atoms with Crippen LogP contribution in [0.4, 0.5) is 4.39 Å². The zero-order chi connectivity index (χ0) is 29.4. The number of Topliss-reactive ketones (excluding diaryl/α,β-unsaturated/α-hetero) is 1. The summed E-state index contributed by atoms with van der Waals surface area (Å²) in [6, 6.07) is 24.4. The third-order valence-electron chi connectivity index (χ3n) is 6.41. The molecule has 0 spiro atoms. The van der Waals surface area contributed by atoms with Gasteiger partial charge in [-0.1, -0.05) is 60.7 Å². The molecule has 4 aromatic carbocycles. The average molecular weight is 556 g/mol. The van der Waals surface area contributed by atoms with E-state index in [4.69, 9.17) is 4.74 Å². The van der Waals surface area contributed by atoms with E-state index < -0.39 is 36.6 Å². The van der Waals surface area contributed by atoms with Crippen molar-refractivity contribution in [1.29, 1.82) is 0 Å². The van der Waals surface area contributed by atoms with Crippen LogP contribution in [0.25, 0.3) is 10.8 Å². The fourth-order valence-electron chi connectivity index (χ4n) is 4.39. The van der Waals surface area contributed by atoms with Crippen LogP contribution >= 0.6 is 0 Å². The number of hydrogen-bond acceptors (Lipinski definition) is 5. The largest absolute Gasteiger partial charge is 0.486 e. The first-order valence-electron chi connectivity index (χ1n) is 13.1. The molecule has 0 saturated carbocycles. The molecule has 41 heavy (non-hydrogen) atoms. The number of nitrogens with one attached hydrogen (secondary N) is 3. The number of ketones is 1. The molecule has 0 aliphatic rings. The van der Waals surface area contributed by atoms with Crippen molar-refractivity contribution in [2.24, 2.45) is 0 Å². The maximum atomic E-state index is 13.4. The molecule has 0 aromatic heterocycles. The molecule has 9 heteroatoms. The molecular weight excluding hydrogens is 525 g/mol. The molecule has 1 atom stereocenters. The molecule has 0 radical (unpaired) electrons. The molecule has 3 amide bonds. The summed E-state index contributed by atoms with van der Waals surface area (Å²) in [5, 5.41) is 9.86. The Bertz CT molecular complexity index is 1580. The van der Waals surface area contributed by atoms with Crippen molar-refractivity contribution in [1.82, 2.24) is 16.0 Å². The second-order valence-electron chi connectivity index (χ2n) is 9.58. The Morgan fingerprint density at radius 2 is 1.56 bits per heavy atom. The Morgan fingerprint density at radius 3 is 2.37 bits per heavy atom. The molecule has 210 valence electrons. The van der Waals surface area contributed by atoms with Crippen molar-refractivity contribution in [2.75, 3.05) is 13.2 Å². The standard InChI is InChI=1S/C32H30FN3O5/c1-20-14-24(33)16-26(15-20)41-19-25(37)18-35-32(40)31(39)34-17-23-9-4-6-12-29(23)30(38)36-21(2)27-13-7-10-22-8-3-5-11-28(22)27/h3-16,21H,17-19H2,1-2H3,(H,34,39)(H,35,40)(H,36,38)/t21-/m1/s1. The van der Waals surface area contributed by atoms with Gasteiger partial charge < -0.3 is 20.7 Å². The Hall–Kier alpha value is -5.05. The molecule has 0 unspecified atom stereocenters. The molecular formula is C32H30FN3O5. The van der Waals surface area contributed by atoms with Gasteiger partial charge in [0, 0.05) is 18.2 Å². The van der Waals surface area contributed by atoms with E-state index >= 15 is 0 Å². The molecule has 0 aliphatic carbocycles. The topological polar surface area (TPSA) is 114 Å². The van der Waals surface area contributed by atoms with Crippen LogP contribution in [-0.2, 0) is 20.9 Å². The summed E-state index contributed by atoms with van der Waals surface area (Å²) in [7, 11) is 0. The maximum Gasteiger partial charge on any atom is 0.309 e. The summed E-state index contributed by atoms with van der Waals surface area (Å²) in [6.45, 7) is 2.68. The number of halogens is 1. The van der Waals surface area contributed by atoms with Gasteiger partial charge in [-0.15, -0.1) is 0 Å². The van der Waals surface area contributed by atoms with Crippen molar-refractivity contribution in [3.63, 3.8) is 0 Å². The minimum absolute atomic E-state index is 0.0749. The highest BCUT2D eigenvalue weighted by molar-refractivity contribution is 6.35. The summed E-state index contributed by atoms with van der Waals surface area (Å²) in [5.41, 5.74) is 2.49. The zero-order valence-electron chi connectivity index (χ0n) is 22.7. The van der Waals surface area contributed by atoms with Gasteiger partial charge >= 0.3 is 11.8 Å². The third kappa shape index (κ3) is 7.76. The number of aryl methyl sites for hydroxylation is 1. The normalized spacial score (nSPS) is 11.4. The van der Waals surface area contributed by atoms with Gasteiger partial charge in [0.15, 0.2) is 5.78 Å². The summed E-state index contributed by atoms with van der Waals surface area (Å²) >= 11 is 0. The number of benzene rings is 4. The molecule has 0 aliphatic heterocycles. The van der Waals surface area contributed by atoms with E-state index in [9.17, 15) is 23.6 Å². The summed E-state index contributed by atoms with van der Waals surface area (Å²) < 4.78 is 18.7. The predicted molar refractivity (Wildman–Crippen MR) is 153 cm³/mol. The smallest absolute Gasteiger partial charge is 0.309 e. The molecule has 0 fully saturated rings. The van der Waals surface area contributed by atoms with Crippen LogP contribution in [0.3, 0.4) is 0 Å². The Balaban J connectivity index is 1.29. The van der Waals surface area contributed by atoms with Crippen molar-refractivity contribution < 1.29 is 28.3 Å². The molecule has 3 N–H and O–H groups in total. The van der Waals surface area contributed by atoms with E-state index in [0.29, 0.717) is 16.7 Å². The minimum atomic E-state index is -1.01. The molecule has 0 saturated heterocycles. The van der Waals surface area contributed by atoms with Crippen molar-refractivity contribution in [2.45, 2.75) is 26.4 Å². The Labute approximate surface area is 236 Å². The van der Waals surface area contributed by atoms with Gasteiger partial charge in [0.2, 0.25) is 0 Å².